The van der Waals surface area contributed by atoms with Crippen molar-refractivity contribution in [2.75, 3.05) is 45.8 Å². The van der Waals surface area contributed by atoms with Gasteiger partial charge in [0.15, 0.2) is 0 Å². The van der Waals surface area contributed by atoms with Crippen LogP contribution in [0.1, 0.15) is 52.9 Å². The Kier molecular flexibility index (Phi) is 7.61. The van der Waals surface area contributed by atoms with Crippen LogP contribution in [0.15, 0.2) is 0 Å². The van der Waals surface area contributed by atoms with E-state index < -0.39 is 0 Å². The number of piperazine rings is 1. The van der Waals surface area contributed by atoms with Crippen LogP contribution in [0.4, 0.5) is 0 Å². The molecule has 4 heteroatoms. The average Bonchev–Trinajstić information content (AvgIpc) is 2.55. The molecular formula is C18H37N3O. The maximum Gasteiger partial charge on any atom is 0.0692 e. The van der Waals surface area contributed by atoms with E-state index in [0.29, 0.717) is 12.1 Å². The first-order valence-electron chi connectivity index (χ1n) is 9.50. The number of hydrogen-bond donors (Lipinski definition) is 1. The Hall–Kier alpha value is -0.160. The van der Waals surface area contributed by atoms with Gasteiger partial charge in [-0.15, -0.1) is 0 Å². The fourth-order valence-corrected chi connectivity index (χ4v) is 4.00. The van der Waals surface area contributed by atoms with Gasteiger partial charge in [-0.25, -0.2) is 0 Å². The quantitative estimate of drug-likeness (QED) is 0.779. The predicted octanol–water partition coefficient (Wildman–Crippen LogP) is 2.03. The van der Waals surface area contributed by atoms with E-state index in [9.17, 15) is 5.11 Å². The fourth-order valence-electron chi connectivity index (χ4n) is 4.00. The lowest BCUT2D eigenvalue weighted by Gasteiger charge is -2.39. The molecule has 0 saturated carbocycles. The molecule has 0 radical (unpaired) electrons. The van der Waals surface area contributed by atoms with E-state index in [1.807, 2.05) is 0 Å². The summed E-state index contributed by atoms with van der Waals surface area (Å²) in [6, 6.07) is 1.10. The third kappa shape index (κ3) is 5.19. The van der Waals surface area contributed by atoms with Crippen LogP contribution in [0.3, 0.4) is 0 Å². The predicted molar refractivity (Wildman–Crippen MR) is 93.3 cm³/mol. The topological polar surface area (TPSA) is 30.0 Å². The molecule has 2 heterocycles. The van der Waals surface area contributed by atoms with Crippen LogP contribution >= 0.6 is 0 Å². The fraction of sp³-hybridized carbons (Fsp3) is 1.00. The van der Waals surface area contributed by atoms with Crippen LogP contribution in [0, 0.1) is 0 Å². The van der Waals surface area contributed by atoms with Gasteiger partial charge in [0.05, 0.1) is 6.10 Å². The van der Waals surface area contributed by atoms with Crippen LogP contribution in [0.25, 0.3) is 0 Å². The van der Waals surface area contributed by atoms with Crippen LogP contribution < -0.4 is 0 Å². The first kappa shape index (κ1) is 18.2. The molecule has 0 aromatic carbocycles. The third-order valence-electron chi connectivity index (χ3n) is 5.58. The number of rotatable bonds is 7. The molecule has 22 heavy (non-hydrogen) atoms. The summed E-state index contributed by atoms with van der Waals surface area (Å²) in [7, 11) is 0. The highest BCUT2D eigenvalue weighted by Gasteiger charge is 2.27. The molecular weight excluding hydrogens is 274 g/mol. The smallest absolute Gasteiger partial charge is 0.0692 e. The molecule has 4 nitrogen and oxygen atoms in total. The maximum atomic E-state index is 10.2. The summed E-state index contributed by atoms with van der Waals surface area (Å²) in [5, 5.41) is 10.2. The van der Waals surface area contributed by atoms with Crippen molar-refractivity contribution in [1.82, 2.24) is 14.7 Å². The van der Waals surface area contributed by atoms with Crippen LogP contribution in [-0.4, -0.2) is 83.8 Å². The molecule has 0 aromatic heterocycles. The van der Waals surface area contributed by atoms with E-state index in [4.69, 9.17) is 0 Å². The normalized spacial score (nSPS) is 27.4. The summed E-state index contributed by atoms with van der Waals surface area (Å²) < 4.78 is 0. The summed E-state index contributed by atoms with van der Waals surface area (Å²) in [5.41, 5.74) is 0. The van der Waals surface area contributed by atoms with E-state index in [1.54, 1.807) is 0 Å². The summed E-state index contributed by atoms with van der Waals surface area (Å²) in [5.74, 6) is 0. The van der Waals surface area contributed by atoms with Crippen LogP contribution in [-0.2, 0) is 0 Å². The molecule has 2 atom stereocenters. The standard InChI is InChI=1S/C18H37N3O/c1-4-18(22)17-8-5-6-10-21(17)11-7-9-19-12-14-20(15-13-19)16(2)3/h16-18,22H,4-15H2,1-3H3/t17-,18+/m0/s1. The molecule has 2 rings (SSSR count). The molecule has 0 spiro atoms. The first-order valence-corrected chi connectivity index (χ1v) is 9.50. The monoisotopic (exact) mass is 311 g/mol. The lowest BCUT2D eigenvalue weighted by molar-refractivity contribution is 0.0208. The van der Waals surface area contributed by atoms with E-state index in [2.05, 4.69) is 35.5 Å². The summed E-state index contributed by atoms with van der Waals surface area (Å²) in [6.45, 7) is 15.1. The molecule has 2 aliphatic rings. The highest BCUT2D eigenvalue weighted by atomic mass is 16.3. The van der Waals surface area contributed by atoms with Gasteiger partial charge in [-0.2, -0.15) is 0 Å². The van der Waals surface area contributed by atoms with Gasteiger partial charge in [-0.3, -0.25) is 9.80 Å². The van der Waals surface area contributed by atoms with Crippen molar-refractivity contribution < 1.29 is 5.11 Å². The number of aliphatic hydroxyl groups excluding tert-OH is 1. The van der Waals surface area contributed by atoms with Gasteiger partial charge in [0.1, 0.15) is 0 Å². The van der Waals surface area contributed by atoms with Gasteiger partial charge in [0, 0.05) is 38.3 Å². The molecule has 2 aliphatic heterocycles. The molecule has 2 fully saturated rings. The lowest BCUT2D eigenvalue weighted by Crippen LogP contribution is -2.50. The van der Waals surface area contributed by atoms with Crippen molar-refractivity contribution in [3.8, 4) is 0 Å². The number of piperidine rings is 1. The molecule has 0 aliphatic carbocycles. The van der Waals surface area contributed by atoms with E-state index in [0.717, 1.165) is 13.0 Å². The Morgan fingerprint density at radius 3 is 2.36 bits per heavy atom. The minimum absolute atomic E-state index is 0.130. The van der Waals surface area contributed by atoms with E-state index >= 15 is 0 Å². The summed E-state index contributed by atoms with van der Waals surface area (Å²) >= 11 is 0. The molecule has 0 bridgehead atoms. The molecule has 2 saturated heterocycles. The highest BCUT2D eigenvalue weighted by molar-refractivity contribution is 4.83. The average molecular weight is 312 g/mol. The summed E-state index contributed by atoms with van der Waals surface area (Å²) in [4.78, 5) is 7.75. The van der Waals surface area contributed by atoms with Gasteiger partial charge in [-0.05, 0) is 59.2 Å². The second kappa shape index (κ2) is 9.21. The SMILES string of the molecule is CC[C@@H](O)[C@@H]1CCCCN1CCCN1CCN(C(C)C)CC1. The Morgan fingerprint density at radius 1 is 1.00 bits per heavy atom. The molecule has 0 unspecified atom stereocenters. The molecule has 130 valence electrons. The lowest BCUT2D eigenvalue weighted by atomic mass is 9.96. The first-order chi connectivity index (χ1) is 10.6. The van der Waals surface area contributed by atoms with E-state index in [-0.39, 0.29) is 6.10 Å². The van der Waals surface area contributed by atoms with Gasteiger partial charge >= 0.3 is 0 Å². The number of nitrogens with zero attached hydrogens (tertiary/aromatic N) is 3. The van der Waals surface area contributed by atoms with Gasteiger partial charge in [0.25, 0.3) is 0 Å². The van der Waals surface area contributed by atoms with Crippen molar-refractivity contribution in [2.24, 2.45) is 0 Å². The Balaban J connectivity index is 1.67. The highest BCUT2D eigenvalue weighted by Crippen LogP contribution is 2.21. The zero-order valence-electron chi connectivity index (χ0n) is 15.0. The Labute approximate surface area is 137 Å². The van der Waals surface area contributed by atoms with Crippen molar-refractivity contribution in [3.63, 3.8) is 0 Å². The summed E-state index contributed by atoms with van der Waals surface area (Å²) in [6.07, 6.45) is 5.78. The maximum absolute atomic E-state index is 10.2. The minimum Gasteiger partial charge on any atom is -0.392 e. The van der Waals surface area contributed by atoms with Crippen molar-refractivity contribution in [2.45, 2.75) is 71.1 Å². The van der Waals surface area contributed by atoms with Gasteiger partial charge < -0.3 is 10.0 Å². The Bertz CT molecular complexity index is 303. The molecule has 0 amide bonds. The van der Waals surface area contributed by atoms with E-state index in [1.165, 1.54) is 65.0 Å². The number of hydrogen-bond acceptors (Lipinski definition) is 4. The van der Waals surface area contributed by atoms with Gasteiger partial charge in [-0.1, -0.05) is 13.3 Å². The second-order valence-corrected chi connectivity index (χ2v) is 7.40. The zero-order chi connectivity index (χ0) is 15.9. The number of aliphatic hydroxyl groups is 1. The molecule has 1 N–H and O–H groups in total. The molecule has 0 aromatic rings. The van der Waals surface area contributed by atoms with Crippen molar-refractivity contribution >= 4 is 0 Å². The largest absolute Gasteiger partial charge is 0.392 e. The van der Waals surface area contributed by atoms with Gasteiger partial charge in [0.2, 0.25) is 0 Å². The third-order valence-corrected chi connectivity index (χ3v) is 5.58. The van der Waals surface area contributed by atoms with Crippen molar-refractivity contribution in [1.29, 1.82) is 0 Å². The minimum atomic E-state index is -0.130. The zero-order valence-corrected chi connectivity index (χ0v) is 15.0. The number of likely N-dealkylation sites (tertiary alicyclic amines) is 1. The second-order valence-electron chi connectivity index (χ2n) is 7.40. The van der Waals surface area contributed by atoms with Crippen molar-refractivity contribution in [3.05, 3.63) is 0 Å². The van der Waals surface area contributed by atoms with Crippen LogP contribution in [0.2, 0.25) is 0 Å². The van der Waals surface area contributed by atoms with Crippen LogP contribution in [0.5, 0.6) is 0 Å². The Morgan fingerprint density at radius 2 is 1.73 bits per heavy atom.